The van der Waals surface area contributed by atoms with Crippen LogP contribution in [-0.2, 0) is 17.9 Å². The van der Waals surface area contributed by atoms with Crippen LogP contribution in [0.4, 0.5) is 17.5 Å². The smallest absolute Gasteiger partial charge is 0.242 e. The van der Waals surface area contributed by atoms with Crippen LogP contribution in [-0.4, -0.2) is 31.7 Å². The second-order valence-corrected chi connectivity index (χ2v) is 10.4. The Balaban J connectivity index is 1.35. The van der Waals surface area contributed by atoms with E-state index in [-0.39, 0.29) is 5.91 Å². The Morgan fingerprint density at radius 1 is 1.02 bits per heavy atom. The number of nitrogens with zero attached hydrogens (tertiary/aromatic N) is 5. The van der Waals surface area contributed by atoms with Crippen molar-refractivity contribution in [3.05, 3.63) is 102 Å². The van der Waals surface area contributed by atoms with E-state index in [2.05, 4.69) is 20.8 Å². The van der Waals surface area contributed by atoms with Crippen molar-refractivity contribution in [1.29, 1.82) is 0 Å². The van der Waals surface area contributed by atoms with Crippen LogP contribution in [0, 0.1) is 12.5 Å². The Hall–Kier alpha value is -4.91. The Bertz CT molecular complexity index is 1460. The fourth-order valence-corrected chi connectivity index (χ4v) is 5.12. The van der Waals surface area contributed by atoms with Crippen LogP contribution in [0.2, 0.25) is 0 Å². The first-order valence-corrected chi connectivity index (χ1v) is 14.0. The van der Waals surface area contributed by atoms with Gasteiger partial charge in [0.15, 0.2) is 5.69 Å². The highest BCUT2D eigenvalue weighted by Gasteiger charge is 2.25. The van der Waals surface area contributed by atoms with Crippen LogP contribution >= 0.6 is 0 Å². The molecule has 41 heavy (non-hydrogen) atoms. The number of hydrogen-bond donors (Lipinski definition) is 4. The van der Waals surface area contributed by atoms with Gasteiger partial charge in [-0.25, -0.2) is 4.85 Å². The first-order chi connectivity index (χ1) is 20.1. The largest absolute Gasteiger partial charge is 0.358 e. The zero-order valence-corrected chi connectivity index (χ0v) is 22.9. The topological polar surface area (TPSA) is 112 Å². The molecule has 1 aliphatic rings. The minimum absolute atomic E-state index is 0.0814. The number of rotatable bonds is 11. The van der Waals surface area contributed by atoms with Gasteiger partial charge in [-0.3, -0.25) is 10.0 Å². The second kappa shape index (κ2) is 13.4. The first-order valence-electron chi connectivity index (χ1n) is 14.0. The molecule has 1 aliphatic carbocycles. The number of benzene rings is 1. The van der Waals surface area contributed by atoms with E-state index in [1.54, 1.807) is 24.5 Å². The molecule has 3 aromatic heterocycles. The number of amides is 1. The third-order valence-corrected chi connectivity index (χ3v) is 7.38. The minimum atomic E-state index is -0.463. The molecule has 210 valence electrons. The molecular formula is C31H35N8O2+. The molecule has 1 aromatic carbocycles. The van der Waals surface area contributed by atoms with Crippen LogP contribution in [0.1, 0.15) is 49.7 Å². The zero-order chi connectivity index (χ0) is 28.4. The maximum absolute atomic E-state index is 13.5. The number of aromatic nitrogens is 4. The summed E-state index contributed by atoms with van der Waals surface area (Å²) in [5.41, 5.74) is 2.48. The quantitative estimate of drug-likeness (QED) is 0.118. The second-order valence-electron chi connectivity index (χ2n) is 10.4. The van der Waals surface area contributed by atoms with Crippen molar-refractivity contribution in [3.63, 3.8) is 0 Å². The summed E-state index contributed by atoms with van der Waals surface area (Å²) in [6.07, 6.45) is 13.6. The lowest BCUT2D eigenvalue weighted by Gasteiger charge is -2.27. The Morgan fingerprint density at radius 3 is 2.44 bits per heavy atom. The summed E-state index contributed by atoms with van der Waals surface area (Å²) in [6.45, 7) is 7.99. The highest BCUT2D eigenvalue weighted by atomic mass is 16.5. The van der Waals surface area contributed by atoms with Crippen LogP contribution in [0.3, 0.4) is 0 Å². The van der Waals surface area contributed by atoms with Crippen molar-refractivity contribution in [3.8, 4) is 5.82 Å². The lowest BCUT2D eigenvalue weighted by molar-refractivity contribution is -0.904. The first kappa shape index (κ1) is 27.6. The van der Waals surface area contributed by atoms with E-state index in [9.17, 15) is 10.0 Å². The summed E-state index contributed by atoms with van der Waals surface area (Å²) in [5, 5.41) is 19.3. The molecule has 4 aromatic rings. The Morgan fingerprint density at radius 2 is 1.73 bits per heavy atom. The molecule has 0 saturated heterocycles. The molecule has 1 saturated carbocycles. The molecular weight excluding hydrogens is 516 g/mol. The molecule has 5 rings (SSSR count). The molecule has 0 aliphatic heterocycles. The molecule has 0 spiro atoms. The van der Waals surface area contributed by atoms with Crippen LogP contribution < -0.4 is 20.7 Å². The maximum Gasteiger partial charge on any atom is 0.242 e. The van der Waals surface area contributed by atoms with Crippen LogP contribution in [0.5, 0.6) is 0 Å². The average molecular weight is 552 g/mol. The van der Waals surface area contributed by atoms with Crippen molar-refractivity contribution in [1.82, 2.24) is 19.9 Å². The van der Waals surface area contributed by atoms with Crippen molar-refractivity contribution in [2.45, 2.75) is 57.7 Å². The summed E-state index contributed by atoms with van der Waals surface area (Å²) >= 11 is 0. The Labute approximate surface area is 239 Å². The van der Waals surface area contributed by atoms with Gasteiger partial charge in [0, 0.05) is 48.4 Å². The molecule has 1 amide bonds. The van der Waals surface area contributed by atoms with Crippen LogP contribution in [0.15, 0.2) is 79.4 Å². The van der Waals surface area contributed by atoms with E-state index >= 15 is 0 Å². The summed E-state index contributed by atoms with van der Waals surface area (Å²) in [5.74, 6) is 2.05. The van der Waals surface area contributed by atoms with Gasteiger partial charge in [-0.15, -0.1) is 0 Å². The molecule has 0 bridgehead atoms. The number of carbonyl (C=O) groups excluding carboxylic acids is 1. The Kier molecular flexibility index (Phi) is 9.06. The monoisotopic (exact) mass is 551 g/mol. The fraction of sp³-hybridized carbons (Fsp3) is 0.323. The number of anilines is 2. The number of hydrogen-bond acceptors (Lipinski definition) is 6. The van der Waals surface area contributed by atoms with Gasteiger partial charge >= 0.3 is 0 Å². The van der Waals surface area contributed by atoms with E-state index in [0.29, 0.717) is 42.3 Å². The molecule has 10 heteroatoms. The lowest BCUT2D eigenvalue weighted by atomic mass is 9.84. The summed E-state index contributed by atoms with van der Waals surface area (Å²) in [7, 11) is 0. The van der Waals surface area contributed by atoms with Gasteiger partial charge < -0.3 is 20.5 Å². The van der Waals surface area contributed by atoms with Gasteiger partial charge in [0.1, 0.15) is 17.7 Å². The fourth-order valence-electron chi connectivity index (χ4n) is 5.12. The molecule has 0 unspecified atom stereocenters. The van der Waals surface area contributed by atoms with Crippen LogP contribution in [0.25, 0.3) is 10.7 Å². The predicted molar refractivity (Wildman–Crippen MR) is 156 cm³/mol. The van der Waals surface area contributed by atoms with Gasteiger partial charge in [-0.1, -0.05) is 56.4 Å². The number of nitrogens with one attached hydrogen (secondary N) is 3. The van der Waals surface area contributed by atoms with Gasteiger partial charge in [0.25, 0.3) is 0 Å². The third-order valence-electron chi connectivity index (χ3n) is 7.38. The molecule has 1 atom stereocenters. The van der Waals surface area contributed by atoms with E-state index in [1.807, 2.05) is 59.4 Å². The molecule has 3 heterocycles. The summed E-state index contributed by atoms with van der Waals surface area (Å²) in [6, 6.07) is 16.1. The van der Waals surface area contributed by atoms with Gasteiger partial charge in [-0.2, -0.15) is 9.97 Å². The van der Waals surface area contributed by atoms with E-state index < -0.39 is 6.04 Å². The van der Waals surface area contributed by atoms with Crippen molar-refractivity contribution >= 4 is 23.4 Å². The standard InChI is InChI=1S/C31H34N8O2/c1-32-26-11-9-24(10-12-26)21-33-30(40)27(19-23-7-3-2-4-8-23)35-28-20-29(38-15-5-6-16-38)37-31(36-28)34-22-25-13-17-39(41)18-14-25/h5-6,9-18,20,23,27H,2-4,7-8,19,21-22H2,(H3-,33,34,35,36,37,40,41)/p+1/t27-/m1/s1. The van der Waals surface area contributed by atoms with Gasteiger partial charge in [0.2, 0.25) is 24.2 Å². The van der Waals surface area contributed by atoms with E-state index in [1.165, 1.54) is 19.3 Å². The summed E-state index contributed by atoms with van der Waals surface area (Å²) in [4.78, 5) is 26.4. The van der Waals surface area contributed by atoms with Crippen molar-refractivity contribution < 1.29 is 14.7 Å². The van der Waals surface area contributed by atoms with E-state index in [4.69, 9.17) is 16.5 Å². The number of carbonyl (C=O) groups is 1. The molecule has 1 fully saturated rings. The minimum Gasteiger partial charge on any atom is -0.358 e. The predicted octanol–water partition coefficient (Wildman–Crippen LogP) is 5.02. The maximum atomic E-state index is 13.5. The highest BCUT2D eigenvalue weighted by Crippen LogP contribution is 2.28. The SMILES string of the molecule is [C-]#[N+]c1ccc(CNC(=O)[C@@H](CC2CCCCC2)Nc2cc(-n3cccc3)nc(NCc3cc[n+](O)cc3)n2)cc1. The van der Waals surface area contributed by atoms with Gasteiger partial charge in [0.05, 0.1) is 6.57 Å². The third kappa shape index (κ3) is 7.82. The van der Waals surface area contributed by atoms with E-state index in [0.717, 1.165) is 35.1 Å². The summed E-state index contributed by atoms with van der Waals surface area (Å²) < 4.78 is 2.90. The number of pyridine rings is 1. The van der Waals surface area contributed by atoms with Crippen molar-refractivity contribution in [2.24, 2.45) is 5.92 Å². The molecule has 0 radical (unpaired) electrons. The average Bonchev–Trinajstić information content (AvgIpc) is 3.55. The highest BCUT2D eigenvalue weighted by molar-refractivity contribution is 5.84. The normalized spacial score (nSPS) is 14.1. The van der Waals surface area contributed by atoms with Crippen molar-refractivity contribution in [2.75, 3.05) is 10.6 Å². The molecule has 10 nitrogen and oxygen atoms in total. The van der Waals surface area contributed by atoms with Gasteiger partial charge in [-0.05, 0) is 35.6 Å². The zero-order valence-electron chi connectivity index (χ0n) is 22.9. The lowest BCUT2D eigenvalue weighted by Crippen LogP contribution is -2.41. The molecule has 4 N–H and O–H groups in total.